The summed E-state index contributed by atoms with van der Waals surface area (Å²) in [7, 11) is -0.434. The molecule has 1 heterocycles. The van der Waals surface area contributed by atoms with Crippen molar-refractivity contribution in [3.63, 3.8) is 0 Å². The summed E-state index contributed by atoms with van der Waals surface area (Å²) >= 11 is 1.70. The Hall–Kier alpha value is -1.25. The molecule has 6 nitrogen and oxygen atoms in total. The highest BCUT2D eigenvalue weighted by Crippen LogP contribution is 2.36. The maximum Gasteiger partial charge on any atom is 0.242 e. The second kappa shape index (κ2) is 8.84. The molecule has 0 aromatic heterocycles. The Morgan fingerprint density at radius 1 is 1.22 bits per heavy atom. The molecule has 1 aromatic rings. The summed E-state index contributed by atoms with van der Waals surface area (Å²) in [5.74, 6) is 0.921. The molecule has 1 amide bonds. The first-order valence-corrected chi connectivity index (χ1v) is 12.0. The van der Waals surface area contributed by atoms with Crippen molar-refractivity contribution in [3.8, 4) is 0 Å². The van der Waals surface area contributed by atoms with Crippen molar-refractivity contribution in [2.45, 2.75) is 54.4 Å². The Morgan fingerprint density at radius 3 is 2.59 bits per heavy atom. The second-order valence-electron chi connectivity index (χ2n) is 7.44. The normalized spacial score (nSPS) is 18.9. The lowest BCUT2D eigenvalue weighted by molar-refractivity contribution is -0.120. The van der Waals surface area contributed by atoms with Gasteiger partial charge in [0.25, 0.3) is 0 Å². The summed E-state index contributed by atoms with van der Waals surface area (Å²) in [6.07, 6.45) is 6.99. The number of carbonyl (C=O) groups is 1. The van der Waals surface area contributed by atoms with Crippen LogP contribution < -0.4 is 10.2 Å². The molecular formula is C19H29N3O3S2. The fourth-order valence-corrected chi connectivity index (χ4v) is 5.61. The molecule has 0 unspecified atom stereocenters. The van der Waals surface area contributed by atoms with Crippen LogP contribution in [0.3, 0.4) is 0 Å². The number of nitrogens with zero attached hydrogens (tertiary/aromatic N) is 2. The molecule has 27 heavy (non-hydrogen) atoms. The number of hydrogen-bond acceptors (Lipinski definition) is 5. The standard InChI is InChI=1S/C19H29N3O3S2/c1-21(2)27(24,25)16-9-10-18-17(13-16)22(11-12-26-18)14-19(23)20-15-7-5-3-4-6-8-15/h9-10,13,15H,3-8,11-12,14H2,1-2H3,(H,20,23). The molecule has 1 saturated carbocycles. The molecule has 1 aromatic carbocycles. The van der Waals surface area contributed by atoms with Crippen LogP contribution in [0, 0.1) is 0 Å². The Balaban J connectivity index is 1.74. The van der Waals surface area contributed by atoms with Crippen molar-refractivity contribution >= 4 is 33.4 Å². The molecule has 0 spiro atoms. The maximum atomic E-state index is 12.6. The summed E-state index contributed by atoms with van der Waals surface area (Å²) in [5.41, 5.74) is 0.838. The van der Waals surface area contributed by atoms with Gasteiger partial charge >= 0.3 is 0 Å². The minimum Gasteiger partial charge on any atom is -0.360 e. The molecule has 2 aliphatic rings. The zero-order valence-corrected chi connectivity index (χ0v) is 17.7. The van der Waals surface area contributed by atoms with E-state index in [1.54, 1.807) is 23.9 Å². The molecule has 8 heteroatoms. The number of carbonyl (C=O) groups excluding carboxylic acids is 1. The molecule has 1 aliphatic carbocycles. The van der Waals surface area contributed by atoms with Gasteiger partial charge in [-0.2, -0.15) is 0 Å². The SMILES string of the molecule is CN(C)S(=O)(=O)c1ccc2c(c1)N(CC(=O)NC1CCCCCC1)CCS2. The fourth-order valence-electron chi connectivity index (χ4n) is 3.66. The molecule has 1 N–H and O–H groups in total. The molecule has 1 fully saturated rings. The highest BCUT2D eigenvalue weighted by Gasteiger charge is 2.25. The van der Waals surface area contributed by atoms with Crippen molar-refractivity contribution < 1.29 is 13.2 Å². The van der Waals surface area contributed by atoms with E-state index in [1.807, 2.05) is 11.0 Å². The van der Waals surface area contributed by atoms with Crippen LogP contribution in [0.5, 0.6) is 0 Å². The number of nitrogens with one attached hydrogen (secondary N) is 1. The smallest absolute Gasteiger partial charge is 0.242 e. The molecule has 0 atom stereocenters. The van der Waals surface area contributed by atoms with Crippen molar-refractivity contribution in [3.05, 3.63) is 18.2 Å². The lowest BCUT2D eigenvalue weighted by Gasteiger charge is -2.31. The van der Waals surface area contributed by atoms with Gasteiger partial charge in [0, 0.05) is 37.3 Å². The summed E-state index contributed by atoms with van der Waals surface area (Å²) in [6.45, 7) is 1.01. The van der Waals surface area contributed by atoms with E-state index in [0.717, 1.165) is 35.7 Å². The van der Waals surface area contributed by atoms with Gasteiger partial charge in [0.15, 0.2) is 0 Å². The number of benzene rings is 1. The molecular weight excluding hydrogens is 382 g/mol. The van der Waals surface area contributed by atoms with E-state index in [0.29, 0.717) is 0 Å². The van der Waals surface area contributed by atoms with E-state index in [9.17, 15) is 13.2 Å². The van der Waals surface area contributed by atoms with Crippen molar-refractivity contribution in [2.75, 3.05) is 37.8 Å². The van der Waals surface area contributed by atoms with Gasteiger partial charge in [-0.1, -0.05) is 25.7 Å². The first-order chi connectivity index (χ1) is 12.9. The molecule has 0 saturated heterocycles. The Morgan fingerprint density at radius 2 is 1.93 bits per heavy atom. The third-order valence-corrected chi connectivity index (χ3v) is 8.08. The number of hydrogen-bond donors (Lipinski definition) is 1. The predicted octanol–water partition coefficient (Wildman–Crippen LogP) is 2.69. The highest BCUT2D eigenvalue weighted by atomic mass is 32.2. The number of amides is 1. The number of thioether (sulfide) groups is 1. The lowest BCUT2D eigenvalue weighted by Crippen LogP contribution is -2.43. The second-order valence-corrected chi connectivity index (χ2v) is 10.7. The van der Waals surface area contributed by atoms with Crippen molar-refractivity contribution in [1.82, 2.24) is 9.62 Å². The number of fused-ring (bicyclic) bond motifs is 1. The zero-order valence-electron chi connectivity index (χ0n) is 16.1. The third kappa shape index (κ3) is 4.97. The van der Waals surface area contributed by atoms with Gasteiger partial charge in [-0.15, -0.1) is 11.8 Å². The van der Waals surface area contributed by atoms with Crippen molar-refractivity contribution in [2.24, 2.45) is 0 Å². The van der Waals surface area contributed by atoms with E-state index in [4.69, 9.17) is 0 Å². The average molecular weight is 412 g/mol. The van der Waals surface area contributed by atoms with Crippen LogP contribution in [0.2, 0.25) is 0 Å². The monoisotopic (exact) mass is 411 g/mol. The summed E-state index contributed by atoms with van der Waals surface area (Å²) in [5, 5.41) is 3.19. The quantitative estimate of drug-likeness (QED) is 0.755. The van der Waals surface area contributed by atoms with Crippen LogP contribution in [-0.2, 0) is 14.8 Å². The van der Waals surface area contributed by atoms with Gasteiger partial charge in [0.2, 0.25) is 15.9 Å². The van der Waals surface area contributed by atoms with Gasteiger partial charge < -0.3 is 10.2 Å². The minimum absolute atomic E-state index is 0.0284. The third-order valence-electron chi connectivity index (χ3n) is 5.22. The van der Waals surface area contributed by atoms with Crippen LogP contribution in [0.25, 0.3) is 0 Å². The lowest BCUT2D eigenvalue weighted by atomic mass is 10.1. The highest BCUT2D eigenvalue weighted by molar-refractivity contribution is 7.99. The number of anilines is 1. The predicted molar refractivity (Wildman–Crippen MR) is 110 cm³/mol. The van der Waals surface area contributed by atoms with Gasteiger partial charge in [0.1, 0.15) is 0 Å². The average Bonchev–Trinajstić information content (AvgIpc) is 2.90. The maximum absolute atomic E-state index is 12.6. The molecule has 3 rings (SSSR count). The van der Waals surface area contributed by atoms with Crippen LogP contribution >= 0.6 is 11.8 Å². The zero-order chi connectivity index (χ0) is 19.4. The molecule has 0 radical (unpaired) electrons. The minimum atomic E-state index is -3.49. The van der Waals surface area contributed by atoms with Gasteiger partial charge in [-0.25, -0.2) is 12.7 Å². The van der Waals surface area contributed by atoms with E-state index in [-0.39, 0.29) is 23.4 Å². The van der Waals surface area contributed by atoms with Gasteiger partial charge in [0.05, 0.1) is 17.1 Å². The molecule has 0 bridgehead atoms. The Kier molecular flexibility index (Phi) is 6.70. The summed E-state index contributed by atoms with van der Waals surface area (Å²) in [6, 6.07) is 5.48. The largest absolute Gasteiger partial charge is 0.360 e. The first kappa shape index (κ1) is 20.5. The van der Waals surface area contributed by atoms with E-state index >= 15 is 0 Å². The topological polar surface area (TPSA) is 69.7 Å². The molecule has 150 valence electrons. The van der Waals surface area contributed by atoms with Gasteiger partial charge in [-0.3, -0.25) is 4.79 Å². The first-order valence-electron chi connectivity index (χ1n) is 9.61. The van der Waals surface area contributed by atoms with Crippen LogP contribution in [0.4, 0.5) is 5.69 Å². The number of rotatable bonds is 5. The van der Waals surface area contributed by atoms with Crippen molar-refractivity contribution in [1.29, 1.82) is 0 Å². The van der Waals surface area contributed by atoms with Gasteiger partial charge in [-0.05, 0) is 31.0 Å². The van der Waals surface area contributed by atoms with E-state index < -0.39 is 10.0 Å². The summed E-state index contributed by atoms with van der Waals surface area (Å²) < 4.78 is 26.1. The number of sulfonamides is 1. The Labute approximate surface area is 166 Å². The van der Waals surface area contributed by atoms with E-state index in [2.05, 4.69) is 5.32 Å². The van der Waals surface area contributed by atoms with Crippen LogP contribution in [0.15, 0.2) is 28.0 Å². The van der Waals surface area contributed by atoms with Crippen LogP contribution in [0.1, 0.15) is 38.5 Å². The van der Waals surface area contributed by atoms with Crippen LogP contribution in [-0.4, -0.2) is 57.6 Å². The fraction of sp³-hybridized carbons (Fsp3) is 0.632. The van der Waals surface area contributed by atoms with E-state index in [1.165, 1.54) is 44.1 Å². The molecule has 1 aliphatic heterocycles. The Bertz CT molecular complexity index is 772. The summed E-state index contributed by atoms with van der Waals surface area (Å²) in [4.78, 5) is 15.9.